The fourth-order valence-electron chi connectivity index (χ4n) is 3.30. The van der Waals surface area contributed by atoms with Gasteiger partial charge in [0.2, 0.25) is 5.95 Å². The van der Waals surface area contributed by atoms with Crippen molar-refractivity contribution in [2.24, 2.45) is 0 Å². The van der Waals surface area contributed by atoms with Gasteiger partial charge in [-0.2, -0.15) is 4.39 Å². The summed E-state index contributed by atoms with van der Waals surface area (Å²) in [6.45, 7) is 1.64. The number of fused-ring (bicyclic) bond motifs is 1. The zero-order chi connectivity index (χ0) is 19.8. The summed E-state index contributed by atoms with van der Waals surface area (Å²) in [6.07, 6.45) is 1.38. The lowest BCUT2D eigenvalue weighted by atomic mass is 9.96. The van der Waals surface area contributed by atoms with E-state index < -0.39 is 17.7 Å². The molecule has 0 bridgehead atoms. The van der Waals surface area contributed by atoms with Crippen molar-refractivity contribution in [1.29, 1.82) is 0 Å². The van der Waals surface area contributed by atoms with Crippen LogP contribution in [0.2, 0.25) is 0 Å². The number of carboxylic acid groups (broad SMARTS) is 1. The van der Waals surface area contributed by atoms with E-state index in [0.717, 1.165) is 0 Å². The first kappa shape index (κ1) is 17.7. The summed E-state index contributed by atoms with van der Waals surface area (Å²) in [5, 5.41) is 9.90. The van der Waals surface area contributed by atoms with Crippen LogP contribution in [0.25, 0.3) is 33.3 Å². The lowest BCUT2D eigenvalue weighted by Gasteiger charge is -2.13. The summed E-state index contributed by atoms with van der Waals surface area (Å²) in [6, 6.07) is 14.1. The summed E-state index contributed by atoms with van der Waals surface area (Å²) < 4.78 is 27.5. The van der Waals surface area contributed by atoms with Crippen molar-refractivity contribution in [2.45, 2.75) is 6.92 Å². The summed E-state index contributed by atoms with van der Waals surface area (Å²) in [4.78, 5) is 20.0. The van der Waals surface area contributed by atoms with Gasteiger partial charge in [0.15, 0.2) is 0 Å². The molecule has 138 valence electrons. The Hall–Kier alpha value is -3.67. The van der Waals surface area contributed by atoms with Crippen LogP contribution in [0.4, 0.5) is 8.78 Å². The Bertz CT molecular complexity index is 1220. The van der Waals surface area contributed by atoms with Gasteiger partial charge in [0.1, 0.15) is 5.82 Å². The molecule has 1 N–H and O–H groups in total. The molecule has 0 saturated carbocycles. The second kappa shape index (κ2) is 6.81. The second-order valence-corrected chi connectivity index (χ2v) is 6.35. The number of pyridine rings is 2. The molecule has 0 aliphatic heterocycles. The Kier molecular flexibility index (Phi) is 4.31. The van der Waals surface area contributed by atoms with Gasteiger partial charge in [-0.3, -0.25) is 0 Å². The molecule has 4 aromatic rings. The molecule has 0 aliphatic carbocycles. The Morgan fingerprint density at radius 1 is 1.00 bits per heavy atom. The van der Waals surface area contributed by atoms with Crippen LogP contribution in [-0.4, -0.2) is 21.0 Å². The fraction of sp³-hybridized carbons (Fsp3) is 0.0455. The molecule has 0 spiro atoms. The smallest absolute Gasteiger partial charge is 0.336 e. The fourth-order valence-corrected chi connectivity index (χ4v) is 3.30. The molecule has 0 unspecified atom stereocenters. The Labute approximate surface area is 159 Å². The van der Waals surface area contributed by atoms with Crippen LogP contribution in [0, 0.1) is 18.7 Å². The molecular weight excluding hydrogens is 362 g/mol. The van der Waals surface area contributed by atoms with Crippen molar-refractivity contribution in [3.05, 3.63) is 83.7 Å². The van der Waals surface area contributed by atoms with Gasteiger partial charge in [0.05, 0.1) is 16.8 Å². The molecule has 4 nitrogen and oxygen atoms in total. The molecular formula is C22H14F2N2O2. The standard InChI is InChI=1S/C22H14F2N2O2/c1-12-19(22(27)28)17-11-15(23)8-9-18(17)26-20(12)14-6-4-13(5-7-14)16-3-2-10-25-21(16)24/h2-11H,1H3,(H,27,28). The monoisotopic (exact) mass is 376 g/mol. The minimum Gasteiger partial charge on any atom is -0.478 e. The third-order valence-corrected chi connectivity index (χ3v) is 4.63. The lowest BCUT2D eigenvalue weighted by Crippen LogP contribution is -2.05. The summed E-state index contributed by atoms with van der Waals surface area (Å²) in [7, 11) is 0. The lowest BCUT2D eigenvalue weighted by molar-refractivity contribution is 0.0698. The predicted octanol–water partition coefficient (Wildman–Crippen LogP) is 5.25. The number of rotatable bonds is 3. The van der Waals surface area contributed by atoms with Crippen molar-refractivity contribution in [2.75, 3.05) is 0 Å². The van der Waals surface area contributed by atoms with Crippen LogP contribution in [0.5, 0.6) is 0 Å². The van der Waals surface area contributed by atoms with Crippen LogP contribution < -0.4 is 0 Å². The highest BCUT2D eigenvalue weighted by molar-refractivity contribution is 6.05. The number of benzene rings is 2. The van der Waals surface area contributed by atoms with Crippen molar-refractivity contribution < 1.29 is 18.7 Å². The van der Waals surface area contributed by atoms with Gasteiger partial charge in [-0.25, -0.2) is 19.2 Å². The molecule has 2 aromatic carbocycles. The van der Waals surface area contributed by atoms with Gasteiger partial charge in [-0.05, 0) is 48.4 Å². The molecule has 28 heavy (non-hydrogen) atoms. The number of nitrogens with zero attached hydrogens (tertiary/aromatic N) is 2. The van der Waals surface area contributed by atoms with Crippen LogP contribution >= 0.6 is 0 Å². The highest BCUT2D eigenvalue weighted by atomic mass is 19.1. The molecule has 0 aliphatic rings. The first-order valence-corrected chi connectivity index (χ1v) is 8.50. The number of hydrogen-bond acceptors (Lipinski definition) is 3. The second-order valence-electron chi connectivity index (χ2n) is 6.35. The van der Waals surface area contributed by atoms with E-state index in [1.807, 2.05) is 0 Å². The third-order valence-electron chi connectivity index (χ3n) is 4.63. The average molecular weight is 376 g/mol. The topological polar surface area (TPSA) is 63.1 Å². The van der Waals surface area contributed by atoms with Crippen LogP contribution in [0.15, 0.2) is 60.8 Å². The predicted molar refractivity (Wildman–Crippen MR) is 102 cm³/mol. The molecule has 2 heterocycles. The maximum Gasteiger partial charge on any atom is 0.336 e. The van der Waals surface area contributed by atoms with Gasteiger partial charge in [0, 0.05) is 22.7 Å². The molecule has 0 saturated heterocycles. The van der Waals surface area contributed by atoms with Gasteiger partial charge >= 0.3 is 5.97 Å². The SMILES string of the molecule is Cc1c(-c2ccc(-c3cccnc3F)cc2)nc2ccc(F)cc2c1C(=O)O. The van der Waals surface area contributed by atoms with E-state index in [0.29, 0.717) is 33.5 Å². The quantitative estimate of drug-likeness (QED) is 0.496. The maximum absolute atomic E-state index is 13.9. The number of aromatic carboxylic acids is 1. The van der Waals surface area contributed by atoms with Crippen LogP contribution in [0.1, 0.15) is 15.9 Å². The van der Waals surface area contributed by atoms with Crippen molar-refractivity contribution >= 4 is 16.9 Å². The zero-order valence-electron chi connectivity index (χ0n) is 14.8. The highest BCUT2D eigenvalue weighted by Crippen LogP contribution is 2.31. The minimum atomic E-state index is -1.15. The van der Waals surface area contributed by atoms with E-state index in [2.05, 4.69) is 9.97 Å². The number of carboxylic acids is 1. The molecule has 0 radical (unpaired) electrons. The summed E-state index contributed by atoms with van der Waals surface area (Å²) >= 11 is 0. The minimum absolute atomic E-state index is 0.0156. The van der Waals surface area contributed by atoms with Crippen LogP contribution in [-0.2, 0) is 0 Å². The Morgan fingerprint density at radius 3 is 2.39 bits per heavy atom. The van der Waals surface area contributed by atoms with E-state index in [1.54, 1.807) is 43.3 Å². The molecule has 4 rings (SSSR count). The van der Waals surface area contributed by atoms with E-state index in [1.165, 1.54) is 24.4 Å². The third kappa shape index (κ3) is 2.99. The Morgan fingerprint density at radius 2 is 1.71 bits per heavy atom. The molecule has 6 heteroatoms. The number of hydrogen-bond donors (Lipinski definition) is 1. The highest BCUT2D eigenvalue weighted by Gasteiger charge is 2.19. The van der Waals surface area contributed by atoms with Gasteiger partial charge in [0.25, 0.3) is 0 Å². The van der Waals surface area contributed by atoms with Crippen molar-refractivity contribution in [1.82, 2.24) is 9.97 Å². The largest absolute Gasteiger partial charge is 0.478 e. The molecule has 0 atom stereocenters. The number of carbonyl (C=O) groups is 1. The normalized spacial score (nSPS) is 11.0. The van der Waals surface area contributed by atoms with E-state index >= 15 is 0 Å². The van der Waals surface area contributed by atoms with E-state index in [4.69, 9.17) is 0 Å². The van der Waals surface area contributed by atoms with Gasteiger partial charge < -0.3 is 5.11 Å². The number of halogens is 2. The molecule has 2 aromatic heterocycles. The molecule has 0 amide bonds. The zero-order valence-corrected chi connectivity index (χ0v) is 14.8. The first-order chi connectivity index (χ1) is 13.5. The molecule has 0 fully saturated rings. The van der Waals surface area contributed by atoms with E-state index in [-0.39, 0.29) is 10.9 Å². The van der Waals surface area contributed by atoms with E-state index in [9.17, 15) is 18.7 Å². The maximum atomic E-state index is 13.9. The first-order valence-electron chi connectivity index (χ1n) is 8.50. The van der Waals surface area contributed by atoms with Gasteiger partial charge in [-0.1, -0.05) is 24.3 Å². The summed E-state index contributed by atoms with van der Waals surface area (Å²) in [5.41, 5.74) is 3.02. The van der Waals surface area contributed by atoms with Crippen LogP contribution in [0.3, 0.4) is 0 Å². The van der Waals surface area contributed by atoms with Crippen molar-refractivity contribution in [3.8, 4) is 22.4 Å². The Balaban J connectivity index is 1.88. The summed E-state index contributed by atoms with van der Waals surface area (Å²) in [5.74, 6) is -2.23. The number of aromatic nitrogens is 2. The average Bonchev–Trinajstić information content (AvgIpc) is 2.68. The van der Waals surface area contributed by atoms with Gasteiger partial charge in [-0.15, -0.1) is 0 Å². The van der Waals surface area contributed by atoms with Crippen molar-refractivity contribution in [3.63, 3.8) is 0 Å².